The molecule has 2 rings (SSSR count). The molecule has 0 atom stereocenters. The summed E-state index contributed by atoms with van der Waals surface area (Å²) in [6, 6.07) is 4.45. The highest BCUT2D eigenvalue weighted by Gasteiger charge is 2.05. The van der Waals surface area contributed by atoms with Crippen molar-refractivity contribution in [3.8, 4) is 11.5 Å². The Kier molecular flexibility index (Phi) is 3.10. The van der Waals surface area contributed by atoms with Gasteiger partial charge in [-0.25, -0.2) is 0 Å². The Balaban J connectivity index is 2.18. The molecule has 0 saturated carbocycles. The second kappa shape index (κ2) is 4.71. The summed E-state index contributed by atoms with van der Waals surface area (Å²) in [4.78, 5) is 0. The summed E-state index contributed by atoms with van der Waals surface area (Å²) in [5.41, 5.74) is 0.689. The third kappa shape index (κ3) is 2.74. The summed E-state index contributed by atoms with van der Waals surface area (Å²) >= 11 is 0. The molecule has 4 nitrogen and oxygen atoms in total. The van der Waals surface area contributed by atoms with Gasteiger partial charge in [-0.3, -0.25) is 0 Å². The topological polar surface area (TPSA) is 69.9 Å². The summed E-state index contributed by atoms with van der Waals surface area (Å²) < 4.78 is 5.26. The Morgan fingerprint density at radius 2 is 1.78 bits per heavy atom. The van der Waals surface area contributed by atoms with E-state index in [2.05, 4.69) is 6.58 Å². The van der Waals surface area contributed by atoms with Crippen LogP contribution in [0.2, 0.25) is 0 Å². The molecule has 1 aromatic rings. The average molecular weight is 244 g/mol. The molecule has 1 aliphatic heterocycles. The minimum atomic E-state index is -0.192. The van der Waals surface area contributed by atoms with Crippen molar-refractivity contribution in [2.24, 2.45) is 0 Å². The largest absolute Gasteiger partial charge is 0.508 e. The first-order valence-electron chi connectivity index (χ1n) is 5.24. The van der Waals surface area contributed by atoms with E-state index in [-0.39, 0.29) is 17.3 Å². The van der Waals surface area contributed by atoms with Gasteiger partial charge in [-0.05, 0) is 23.8 Å². The maximum atomic E-state index is 9.36. The van der Waals surface area contributed by atoms with Gasteiger partial charge in [0.15, 0.2) is 11.5 Å². The molecule has 0 aromatic heterocycles. The normalized spacial score (nSPS) is 15.2. The van der Waals surface area contributed by atoms with Crippen LogP contribution in [0.4, 0.5) is 0 Å². The van der Waals surface area contributed by atoms with Crippen LogP contribution in [0.3, 0.4) is 0 Å². The van der Waals surface area contributed by atoms with E-state index in [1.54, 1.807) is 18.2 Å². The molecule has 0 aliphatic carbocycles. The highest BCUT2D eigenvalue weighted by atomic mass is 16.5. The number of benzene rings is 1. The van der Waals surface area contributed by atoms with E-state index in [1.165, 1.54) is 24.3 Å². The third-order valence-electron chi connectivity index (χ3n) is 2.29. The molecule has 18 heavy (non-hydrogen) atoms. The second-order valence-corrected chi connectivity index (χ2v) is 3.77. The zero-order valence-corrected chi connectivity index (χ0v) is 9.50. The Hall–Kier alpha value is -2.62. The van der Waals surface area contributed by atoms with Gasteiger partial charge in [-0.15, -0.1) is 0 Å². The molecule has 0 radical (unpaired) electrons. The highest BCUT2D eigenvalue weighted by Crippen LogP contribution is 2.26. The summed E-state index contributed by atoms with van der Waals surface area (Å²) in [5, 5.41) is 27.9. The van der Waals surface area contributed by atoms with Crippen molar-refractivity contribution in [2.45, 2.75) is 0 Å². The number of ether oxygens (including phenoxy) is 1. The molecule has 1 aromatic carbocycles. The van der Waals surface area contributed by atoms with E-state index in [9.17, 15) is 10.2 Å². The zero-order valence-electron chi connectivity index (χ0n) is 9.50. The van der Waals surface area contributed by atoms with E-state index in [4.69, 9.17) is 9.84 Å². The molecule has 0 bridgehead atoms. The van der Waals surface area contributed by atoms with E-state index in [0.29, 0.717) is 17.1 Å². The van der Waals surface area contributed by atoms with Gasteiger partial charge in [0.05, 0.1) is 0 Å². The van der Waals surface area contributed by atoms with Crippen molar-refractivity contribution in [3.05, 3.63) is 65.8 Å². The van der Waals surface area contributed by atoms with E-state index in [1.807, 2.05) is 0 Å². The quantitative estimate of drug-likeness (QED) is 0.699. The molecule has 4 heteroatoms. The number of hydrogen-bond acceptors (Lipinski definition) is 4. The van der Waals surface area contributed by atoms with Crippen LogP contribution in [0, 0.1) is 0 Å². The van der Waals surface area contributed by atoms with Crippen molar-refractivity contribution in [2.75, 3.05) is 0 Å². The number of phenols is 2. The van der Waals surface area contributed by atoms with E-state index < -0.39 is 0 Å². The molecule has 0 amide bonds. The van der Waals surface area contributed by atoms with Gasteiger partial charge in [0.25, 0.3) is 0 Å². The summed E-state index contributed by atoms with van der Waals surface area (Å²) in [5.74, 6) is 0.493. The Morgan fingerprint density at radius 1 is 1.00 bits per heavy atom. The molecule has 0 spiro atoms. The standard InChI is InChI=1S/C14H12O4/c1-9-6-11(15)8-12(18-9)4-2-10-3-5-13(16)14(17)7-10/h2-8,15-17H,1H2/b4-2+. The number of aliphatic hydroxyl groups excluding tert-OH is 1. The predicted molar refractivity (Wildman–Crippen MR) is 67.8 cm³/mol. The number of aromatic hydroxyl groups is 2. The van der Waals surface area contributed by atoms with Gasteiger partial charge in [-0.2, -0.15) is 0 Å². The van der Waals surface area contributed by atoms with Gasteiger partial charge in [0.1, 0.15) is 17.3 Å². The van der Waals surface area contributed by atoms with Crippen molar-refractivity contribution in [1.82, 2.24) is 0 Å². The van der Waals surface area contributed by atoms with Crippen LogP contribution in [-0.4, -0.2) is 15.3 Å². The highest BCUT2D eigenvalue weighted by molar-refractivity contribution is 5.57. The minimum absolute atomic E-state index is 0.0689. The van der Waals surface area contributed by atoms with E-state index >= 15 is 0 Å². The molecule has 0 unspecified atom stereocenters. The van der Waals surface area contributed by atoms with Gasteiger partial charge >= 0.3 is 0 Å². The lowest BCUT2D eigenvalue weighted by molar-refractivity contribution is 0.315. The lowest BCUT2D eigenvalue weighted by Gasteiger charge is -2.11. The summed E-state index contributed by atoms with van der Waals surface area (Å²) in [6.45, 7) is 3.59. The third-order valence-corrected chi connectivity index (χ3v) is 2.29. The first kappa shape index (κ1) is 11.9. The number of allylic oxidation sites excluding steroid dienone is 3. The molecule has 92 valence electrons. The molecule has 1 aliphatic rings. The Morgan fingerprint density at radius 3 is 2.44 bits per heavy atom. The van der Waals surface area contributed by atoms with Crippen LogP contribution in [-0.2, 0) is 4.74 Å². The van der Waals surface area contributed by atoms with Crippen LogP contribution < -0.4 is 0 Å². The minimum Gasteiger partial charge on any atom is -0.508 e. The van der Waals surface area contributed by atoms with Gasteiger partial charge in [-0.1, -0.05) is 18.7 Å². The molecular weight excluding hydrogens is 232 g/mol. The molecule has 1 heterocycles. The first-order valence-corrected chi connectivity index (χ1v) is 5.24. The van der Waals surface area contributed by atoms with Crippen LogP contribution in [0.25, 0.3) is 6.08 Å². The molecule has 3 N–H and O–H groups in total. The summed E-state index contributed by atoms with van der Waals surface area (Å²) in [7, 11) is 0. The second-order valence-electron chi connectivity index (χ2n) is 3.77. The molecular formula is C14H12O4. The fraction of sp³-hybridized carbons (Fsp3) is 0. The SMILES string of the molecule is C=C1C=C(O)C=C(/C=C/c2ccc(O)c(O)c2)O1. The zero-order chi connectivity index (χ0) is 13.1. The Labute approximate surface area is 104 Å². The van der Waals surface area contributed by atoms with Gasteiger partial charge < -0.3 is 20.1 Å². The molecule has 0 fully saturated rings. The van der Waals surface area contributed by atoms with Crippen molar-refractivity contribution >= 4 is 6.08 Å². The monoisotopic (exact) mass is 244 g/mol. The van der Waals surface area contributed by atoms with Crippen LogP contribution >= 0.6 is 0 Å². The molecule has 0 saturated heterocycles. The first-order chi connectivity index (χ1) is 8.54. The van der Waals surface area contributed by atoms with Crippen LogP contribution in [0.5, 0.6) is 11.5 Å². The maximum absolute atomic E-state index is 9.36. The Bertz CT molecular complexity index is 579. The summed E-state index contributed by atoms with van der Waals surface area (Å²) in [6.07, 6.45) is 6.16. The lowest BCUT2D eigenvalue weighted by Crippen LogP contribution is -1.95. The smallest absolute Gasteiger partial charge is 0.157 e. The van der Waals surface area contributed by atoms with Crippen molar-refractivity contribution in [1.29, 1.82) is 0 Å². The van der Waals surface area contributed by atoms with Gasteiger partial charge in [0.2, 0.25) is 0 Å². The fourth-order valence-corrected chi connectivity index (χ4v) is 1.47. The van der Waals surface area contributed by atoms with Gasteiger partial charge in [0, 0.05) is 12.2 Å². The van der Waals surface area contributed by atoms with E-state index in [0.717, 1.165) is 0 Å². The van der Waals surface area contributed by atoms with Crippen molar-refractivity contribution < 1.29 is 20.1 Å². The maximum Gasteiger partial charge on any atom is 0.157 e. The predicted octanol–water partition coefficient (Wildman–Crippen LogP) is 2.98. The number of phenolic OH excluding ortho intramolecular Hbond substituents is 2. The van der Waals surface area contributed by atoms with Crippen molar-refractivity contribution in [3.63, 3.8) is 0 Å². The van der Waals surface area contributed by atoms with Crippen LogP contribution in [0.15, 0.2) is 60.3 Å². The fourth-order valence-electron chi connectivity index (χ4n) is 1.47. The number of hydrogen-bond donors (Lipinski definition) is 3. The lowest BCUT2D eigenvalue weighted by atomic mass is 10.1. The number of aliphatic hydroxyl groups is 1. The van der Waals surface area contributed by atoms with Crippen LogP contribution in [0.1, 0.15) is 5.56 Å². The average Bonchev–Trinajstić information content (AvgIpc) is 2.29. The number of rotatable bonds is 2.